The van der Waals surface area contributed by atoms with Crippen LogP contribution in [0.15, 0.2) is 36.7 Å². The first-order chi connectivity index (χ1) is 10.1. The number of rotatable bonds is 4. The molecule has 1 unspecified atom stereocenters. The third-order valence-corrected chi connectivity index (χ3v) is 3.81. The minimum Gasteiger partial charge on any atom is -0.479 e. The van der Waals surface area contributed by atoms with Gasteiger partial charge in [0.25, 0.3) is 0 Å². The maximum Gasteiger partial charge on any atom is 0.331 e. The van der Waals surface area contributed by atoms with E-state index in [1.807, 2.05) is 24.3 Å². The summed E-state index contributed by atoms with van der Waals surface area (Å²) < 4.78 is 0. The summed E-state index contributed by atoms with van der Waals surface area (Å²) >= 11 is 0. The van der Waals surface area contributed by atoms with Gasteiger partial charge in [-0.15, -0.1) is 0 Å². The van der Waals surface area contributed by atoms with Crippen LogP contribution < -0.4 is 0 Å². The van der Waals surface area contributed by atoms with E-state index < -0.39 is 12.0 Å². The van der Waals surface area contributed by atoms with Gasteiger partial charge < -0.3 is 10.0 Å². The van der Waals surface area contributed by atoms with E-state index in [4.69, 9.17) is 0 Å². The summed E-state index contributed by atoms with van der Waals surface area (Å²) in [5, 5.41) is 11.4. The van der Waals surface area contributed by atoms with Crippen molar-refractivity contribution in [3.8, 4) is 0 Å². The molecule has 0 aliphatic heterocycles. The van der Waals surface area contributed by atoms with Gasteiger partial charge in [-0.2, -0.15) is 0 Å². The molecule has 2 aromatic rings. The van der Waals surface area contributed by atoms with Crippen LogP contribution in [0.1, 0.15) is 31.4 Å². The van der Waals surface area contributed by atoms with Crippen LogP contribution in [-0.2, 0) is 9.59 Å². The number of carboxylic acid groups (broad SMARTS) is 1. The number of carbonyl (C=O) groups is 2. The van der Waals surface area contributed by atoms with Crippen molar-refractivity contribution in [3.05, 3.63) is 42.2 Å². The summed E-state index contributed by atoms with van der Waals surface area (Å²) in [6.45, 7) is 1.42. The Morgan fingerprint density at radius 1 is 1.29 bits per heavy atom. The fourth-order valence-electron chi connectivity index (χ4n) is 2.76. The maximum atomic E-state index is 11.9. The van der Waals surface area contributed by atoms with E-state index in [0.717, 1.165) is 23.6 Å². The van der Waals surface area contributed by atoms with E-state index in [9.17, 15) is 14.7 Å². The van der Waals surface area contributed by atoms with E-state index in [-0.39, 0.29) is 11.9 Å². The fraction of sp³-hybridized carbons (Fsp3) is 0.312. The zero-order chi connectivity index (χ0) is 15.0. The Bertz CT molecular complexity index is 704. The second kappa shape index (κ2) is 5.16. The average Bonchev–Trinajstić information content (AvgIpc) is 3.28. The van der Waals surface area contributed by atoms with Gasteiger partial charge in [-0.25, -0.2) is 4.79 Å². The molecule has 21 heavy (non-hydrogen) atoms. The molecule has 5 heteroatoms. The Labute approximate surface area is 122 Å². The predicted octanol–water partition coefficient (Wildman–Crippen LogP) is 2.37. The van der Waals surface area contributed by atoms with Crippen molar-refractivity contribution in [2.75, 3.05) is 0 Å². The van der Waals surface area contributed by atoms with E-state index in [1.165, 1.54) is 11.8 Å². The molecule has 1 amide bonds. The lowest BCUT2D eigenvalue weighted by Gasteiger charge is -2.28. The summed E-state index contributed by atoms with van der Waals surface area (Å²) in [5.41, 5.74) is 0.572. The number of pyridine rings is 1. The van der Waals surface area contributed by atoms with Gasteiger partial charge in [0.1, 0.15) is 0 Å². The fourth-order valence-corrected chi connectivity index (χ4v) is 2.76. The molecule has 1 aromatic carbocycles. The molecule has 1 saturated carbocycles. The van der Waals surface area contributed by atoms with Gasteiger partial charge in [0.05, 0.1) is 0 Å². The zero-order valence-corrected chi connectivity index (χ0v) is 11.7. The smallest absolute Gasteiger partial charge is 0.331 e. The van der Waals surface area contributed by atoms with Gasteiger partial charge >= 0.3 is 5.97 Å². The Hall–Kier alpha value is -2.43. The largest absolute Gasteiger partial charge is 0.479 e. The minimum absolute atomic E-state index is 0.0302. The number of hydrogen-bond acceptors (Lipinski definition) is 3. The van der Waals surface area contributed by atoms with Crippen LogP contribution in [-0.4, -0.2) is 32.9 Å². The number of benzene rings is 1. The summed E-state index contributed by atoms with van der Waals surface area (Å²) in [7, 11) is 0. The quantitative estimate of drug-likeness (QED) is 0.935. The molecule has 1 aliphatic rings. The Balaban J connectivity index is 2.15. The molecule has 5 nitrogen and oxygen atoms in total. The third-order valence-electron chi connectivity index (χ3n) is 3.81. The summed E-state index contributed by atoms with van der Waals surface area (Å²) in [6.07, 6.45) is 4.98. The number of aromatic nitrogens is 1. The summed E-state index contributed by atoms with van der Waals surface area (Å²) in [6, 6.07) is 6.55. The van der Waals surface area contributed by atoms with E-state index in [2.05, 4.69) is 4.98 Å². The lowest BCUT2D eigenvalue weighted by Crippen LogP contribution is -2.39. The van der Waals surface area contributed by atoms with E-state index in [0.29, 0.717) is 5.56 Å². The normalized spacial score (nSPS) is 15.7. The second-order valence-electron chi connectivity index (χ2n) is 5.35. The van der Waals surface area contributed by atoms with Crippen molar-refractivity contribution in [1.29, 1.82) is 0 Å². The standard InChI is InChI=1S/C16H16N2O3/c1-10(19)18(12-6-7-12)15(16(20)21)14-9-17-8-11-4-2-3-5-13(11)14/h2-5,8-9,12,15H,6-7H2,1H3,(H,20,21). The molecular formula is C16H16N2O3. The lowest BCUT2D eigenvalue weighted by molar-refractivity contribution is -0.150. The third kappa shape index (κ3) is 2.46. The van der Waals surface area contributed by atoms with Crippen LogP contribution in [0.5, 0.6) is 0 Å². The zero-order valence-electron chi connectivity index (χ0n) is 11.7. The van der Waals surface area contributed by atoms with Gasteiger partial charge in [-0.3, -0.25) is 9.78 Å². The molecule has 1 aliphatic carbocycles. The minimum atomic E-state index is -1.02. The highest BCUT2D eigenvalue weighted by Gasteiger charge is 2.40. The average molecular weight is 284 g/mol. The van der Waals surface area contributed by atoms with Crippen LogP contribution in [0.3, 0.4) is 0 Å². The Morgan fingerprint density at radius 3 is 2.62 bits per heavy atom. The Kier molecular flexibility index (Phi) is 3.33. The molecule has 0 spiro atoms. The lowest BCUT2D eigenvalue weighted by atomic mass is 10.00. The van der Waals surface area contributed by atoms with Crippen molar-refractivity contribution in [1.82, 2.24) is 9.88 Å². The van der Waals surface area contributed by atoms with Crippen LogP contribution in [0, 0.1) is 0 Å². The molecule has 1 N–H and O–H groups in total. The summed E-state index contributed by atoms with van der Waals surface area (Å²) in [5.74, 6) is -1.23. The molecule has 1 fully saturated rings. The van der Waals surface area contributed by atoms with Crippen molar-refractivity contribution >= 4 is 22.6 Å². The van der Waals surface area contributed by atoms with Crippen molar-refractivity contribution in [2.45, 2.75) is 31.8 Å². The predicted molar refractivity (Wildman–Crippen MR) is 77.7 cm³/mol. The first kappa shape index (κ1) is 13.5. The molecule has 3 rings (SSSR count). The van der Waals surface area contributed by atoms with Crippen molar-refractivity contribution < 1.29 is 14.7 Å². The first-order valence-corrected chi connectivity index (χ1v) is 6.94. The number of fused-ring (bicyclic) bond motifs is 1. The molecule has 1 heterocycles. The first-order valence-electron chi connectivity index (χ1n) is 6.94. The number of carbonyl (C=O) groups excluding carboxylic acids is 1. The number of aliphatic carboxylic acids is 1. The maximum absolute atomic E-state index is 11.9. The van der Waals surface area contributed by atoms with Gasteiger partial charge in [0.2, 0.25) is 5.91 Å². The van der Waals surface area contributed by atoms with E-state index >= 15 is 0 Å². The van der Waals surface area contributed by atoms with Crippen molar-refractivity contribution in [3.63, 3.8) is 0 Å². The molecule has 108 valence electrons. The van der Waals surface area contributed by atoms with Gasteiger partial charge in [-0.05, 0) is 18.2 Å². The monoisotopic (exact) mass is 284 g/mol. The molecule has 0 radical (unpaired) electrons. The highest BCUT2D eigenvalue weighted by Crippen LogP contribution is 2.36. The van der Waals surface area contributed by atoms with Crippen LogP contribution in [0.25, 0.3) is 10.8 Å². The highest BCUT2D eigenvalue weighted by molar-refractivity contribution is 5.92. The number of carboxylic acids is 1. The topological polar surface area (TPSA) is 70.5 Å². The van der Waals surface area contributed by atoms with Crippen molar-refractivity contribution in [2.24, 2.45) is 0 Å². The highest BCUT2D eigenvalue weighted by atomic mass is 16.4. The summed E-state index contributed by atoms with van der Waals surface area (Å²) in [4.78, 5) is 29.3. The number of hydrogen-bond donors (Lipinski definition) is 1. The van der Waals surface area contributed by atoms with E-state index in [1.54, 1.807) is 12.4 Å². The van der Waals surface area contributed by atoms with Crippen LogP contribution >= 0.6 is 0 Å². The second-order valence-corrected chi connectivity index (χ2v) is 5.35. The number of nitrogens with zero attached hydrogens (tertiary/aromatic N) is 2. The molecule has 0 saturated heterocycles. The Morgan fingerprint density at radius 2 is 2.00 bits per heavy atom. The molecule has 0 bridgehead atoms. The molecule has 1 atom stereocenters. The molecule has 1 aromatic heterocycles. The van der Waals surface area contributed by atoms with Crippen LogP contribution in [0.4, 0.5) is 0 Å². The number of amides is 1. The SMILES string of the molecule is CC(=O)N(C1CC1)C(C(=O)O)c1cncc2ccccc12. The van der Waals surface area contributed by atoms with Gasteiger partial charge in [0.15, 0.2) is 6.04 Å². The van der Waals surface area contributed by atoms with Gasteiger partial charge in [-0.1, -0.05) is 24.3 Å². The van der Waals surface area contributed by atoms with Gasteiger partial charge in [0, 0.05) is 36.3 Å². The molecular weight excluding hydrogens is 268 g/mol. The van der Waals surface area contributed by atoms with Crippen LogP contribution in [0.2, 0.25) is 0 Å².